The molecule has 4 rings (SSSR count). The minimum atomic E-state index is -4.41. The Kier molecular flexibility index (Phi) is 5.46. The molecule has 1 amide bonds. The van der Waals surface area contributed by atoms with Crippen LogP contribution in [-0.2, 0) is 19.3 Å². The lowest BCUT2D eigenvalue weighted by molar-refractivity contribution is -0.137. The molecule has 1 N–H and O–H groups in total. The van der Waals surface area contributed by atoms with Crippen molar-refractivity contribution in [3.63, 3.8) is 0 Å². The SMILES string of the molecule is O=C(N/N=C/c1ccccc1F)c1ccc2c(c1)CN(c1cccc(C(F)(F)F)c1)C2. The van der Waals surface area contributed by atoms with Crippen LogP contribution in [0.25, 0.3) is 0 Å². The molecule has 0 aliphatic carbocycles. The fraction of sp³-hybridized carbons (Fsp3) is 0.130. The molecular formula is C23H17F4N3O. The number of halogens is 4. The number of rotatable bonds is 4. The molecule has 0 unspecified atom stereocenters. The molecule has 3 aromatic rings. The standard InChI is InChI=1S/C23H17F4N3O/c24-21-7-2-1-4-16(21)12-28-29-22(31)15-8-9-17-13-30(14-18(17)10-15)20-6-3-5-19(11-20)23(25,26)27/h1-12H,13-14H2,(H,29,31)/b28-12+. The number of anilines is 1. The van der Waals surface area contributed by atoms with Gasteiger partial charge in [0.2, 0.25) is 0 Å². The predicted molar refractivity (Wildman–Crippen MR) is 109 cm³/mol. The van der Waals surface area contributed by atoms with Gasteiger partial charge in [-0.1, -0.05) is 30.3 Å². The molecule has 158 valence electrons. The van der Waals surface area contributed by atoms with Crippen molar-refractivity contribution in [2.75, 3.05) is 4.90 Å². The van der Waals surface area contributed by atoms with E-state index in [0.29, 0.717) is 24.3 Å². The third kappa shape index (κ3) is 4.58. The molecule has 0 bridgehead atoms. The molecule has 0 radical (unpaired) electrons. The van der Waals surface area contributed by atoms with Gasteiger partial charge in [-0.2, -0.15) is 18.3 Å². The van der Waals surface area contributed by atoms with Gasteiger partial charge in [0.1, 0.15) is 5.82 Å². The van der Waals surface area contributed by atoms with E-state index in [1.54, 1.807) is 36.4 Å². The molecular weight excluding hydrogens is 410 g/mol. The number of fused-ring (bicyclic) bond motifs is 1. The topological polar surface area (TPSA) is 44.7 Å². The molecule has 3 aromatic carbocycles. The van der Waals surface area contributed by atoms with Gasteiger partial charge in [0.25, 0.3) is 5.91 Å². The van der Waals surface area contributed by atoms with Crippen LogP contribution in [-0.4, -0.2) is 12.1 Å². The maximum Gasteiger partial charge on any atom is 0.416 e. The quantitative estimate of drug-likeness (QED) is 0.357. The average Bonchev–Trinajstić information content (AvgIpc) is 3.18. The minimum Gasteiger partial charge on any atom is -0.363 e. The summed E-state index contributed by atoms with van der Waals surface area (Å²) in [5, 5.41) is 3.79. The second kappa shape index (κ2) is 8.22. The molecule has 1 heterocycles. The zero-order valence-electron chi connectivity index (χ0n) is 16.2. The largest absolute Gasteiger partial charge is 0.416 e. The Balaban J connectivity index is 1.45. The van der Waals surface area contributed by atoms with Gasteiger partial charge in [0.05, 0.1) is 11.8 Å². The lowest BCUT2D eigenvalue weighted by atomic mass is 10.1. The molecule has 4 nitrogen and oxygen atoms in total. The molecule has 0 atom stereocenters. The van der Waals surface area contributed by atoms with E-state index in [0.717, 1.165) is 23.3 Å². The average molecular weight is 427 g/mol. The number of amides is 1. The lowest BCUT2D eigenvalue weighted by Crippen LogP contribution is -2.18. The summed E-state index contributed by atoms with van der Waals surface area (Å²) in [6, 6.07) is 16.3. The normalized spacial score (nSPS) is 13.5. The highest BCUT2D eigenvalue weighted by molar-refractivity contribution is 5.95. The van der Waals surface area contributed by atoms with Gasteiger partial charge >= 0.3 is 6.18 Å². The van der Waals surface area contributed by atoms with Crippen LogP contribution in [0, 0.1) is 5.82 Å². The van der Waals surface area contributed by atoms with Gasteiger partial charge in [0, 0.05) is 29.9 Å². The fourth-order valence-electron chi connectivity index (χ4n) is 3.40. The number of benzene rings is 3. The first-order valence-corrected chi connectivity index (χ1v) is 9.43. The fourth-order valence-corrected chi connectivity index (χ4v) is 3.40. The number of carbonyl (C=O) groups excluding carboxylic acids is 1. The maximum absolute atomic E-state index is 13.6. The highest BCUT2D eigenvalue weighted by Gasteiger charge is 2.31. The summed E-state index contributed by atoms with van der Waals surface area (Å²) < 4.78 is 52.6. The van der Waals surface area contributed by atoms with E-state index in [9.17, 15) is 22.4 Å². The summed E-state index contributed by atoms with van der Waals surface area (Å²) >= 11 is 0. The van der Waals surface area contributed by atoms with Gasteiger partial charge < -0.3 is 4.90 Å². The Hall–Kier alpha value is -3.68. The van der Waals surface area contributed by atoms with Crippen molar-refractivity contribution >= 4 is 17.8 Å². The van der Waals surface area contributed by atoms with Gasteiger partial charge in [-0.05, 0) is 47.5 Å². The first kappa shape index (κ1) is 20.6. The predicted octanol–water partition coefficient (Wildman–Crippen LogP) is 5.13. The molecule has 0 saturated carbocycles. The first-order valence-electron chi connectivity index (χ1n) is 9.43. The molecule has 0 saturated heterocycles. The van der Waals surface area contributed by atoms with Crippen molar-refractivity contribution in [3.05, 3.63) is 100 Å². The molecule has 0 aromatic heterocycles. The summed E-state index contributed by atoms with van der Waals surface area (Å²) in [5.41, 5.74) is 4.51. The second-order valence-corrected chi connectivity index (χ2v) is 7.11. The van der Waals surface area contributed by atoms with E-state index >= 15 is 0 Å². The molecule has 1 aliphatic rings. The molecule has 0 spiro atoms. The van der Waals surface area contributed by atoms with Crippen LogP contribution in [0.1, 0.15) is 32.6 Å². The molecule has 31 heavy (non-hydrogen) atoms. The molecule has 8 heteroatoms. The van der Waals surface area contributed by atoms with Gasteiger partial charge in [0.15, 0.2) is 0 Å². The van der Waals surface area contributed by atoms with Crippen molar-refractivity contribution in [2.45, 2.75) is 19.3 Å². The Bertz CT molecular complexity index is 1160. The van der Waals surface area contributed by atoms with Crippen LogP contribution in [0.5, 0.6) is 0 Å². The smallest absolute Gasteiger partial charge is 0.363 e. The zero-order valence-corrected chi connectivity index (χ0v) is 16.2. The summed E-state index contributed by atoms with van der Waals surface area (Å²) in [4.78, 5) is 14.2. The van der Waals surface area contributed by atoms with Crippen molar-refractivity contribution < 1.29 is 22.4 Å². The van der Waals surface area contributed by atoms with Gasteiger partial charge in [-0.25, -0.2) is 9.82 Å². The van der Waals surface area contributed by atoms with E-state index in [-0.39, 0.29) is 5.56 Å². The van der Waals surface area contributed by atoms with E-state index in [4.69, 9.17) is 0 Å². The third-order valence-electron chi connectivity index (χ3n) is 5.00. The number of alkyl halides is 3. The highest BCUT2D eigenvalue weighted by atomic mass is 19.4. The number of hydrazone groups is 1. The molecule has 1 aliphatic heterocycles. The van der Waals surface area contributed by atoms with Crippen LogP contribution in [0.2, 0.25) is 0 Å². The Morgan fingerprint density at radius 3 is 2.52 bits per heavy atom. The van der Waals surface area contributed by atoms with Crippen LogP contribution in [0.15, 0.2) is 71.8 Å². The maximum atomic E-state index is 13.6. The second-order valence-electron chi connectivity index (χ2n) is 7.11. The Labute approximate surface area is 175 Å². The summed E-state index contributed by atoms with van der Waals surface area (Å²) in [7, 11) is 0. The minimum absolute atomic E-state index is 0.244. The monoisotopic (exact) mass is 427 g/mol. The lowest BCUT2D eigenvalue weighted by Gasteiger charge is -2.19. The Morgan fingerprint density at radius 1 is 0.968 bits per heavy atom. The van der Waals surface area contributed by atoms with Crippen molar-refractivity contribution in [3.8, 4) is 0 Å². The number of hydrogen-bond acceptors (Lipinski definition) is 3. The Morgan fingerprint density at radius 2 is 1.74 bits per heavy atom. The van der Waals surface area contributed by atoms with Crippen LogP contribution in [0.3, 0.4) is 0 Å². The van der Waals surface area contributed by atoms with Crippen molar-refractivity contribution in [2.24, 2.45) is 5.10 Å². The zero-order chi connectivity index (χ0) is 22.0. The van der Waals surface area contributed by atoms with Crippen LogP contribution >= 0.6 is 0 Å². The van der Waals surface area contributed by atoms with E-state index in [1.807, 2.05) is 4.90 Å². The van der Waals surface area contributed by atoms with Crippen molar-refractivity contribution in [1.82, 2.24) is 5.43 Å². The highest BCUT2D eigenvalue weighted by Crippen LogP contribution is 2.34. The number of carbonyl (C=O) groups is 1. The van der Waals surface area contributed by atoms with E-state index in [2.05, 4.69) is 10.5 Å². The summed E-state index contributed by atoms with van der Waals surface area (Å²) in [5.74, 6) is -0.916. The summed E-state index contributed by atoms with van der Waals surface area (Å²) in [6.07, 6.45) is -3.19. The number of nitrogens with zero attached hydrogens (tertiary/aromatic N) is 2. The third-order valence-corrected chi connectivity index (χ3v) is 5.00. The number of hydrogen-bond donors (Lipinski definition) is 1. The van der Waals surface area contributed by atoms with E-state index < -0.39 is 23.5 Å². The van der Waals surface area contributed by atoms with Crippen LogP contribution in [0.4, 0.5) is 23.2 Å². The first-order chi connectivity index (χ1) is 14.8. The number of nitrogens with one attached hydrogen (secondary N) is 1. The van der Waals surface area contributed by atoms with Gasteiger partial charge in [-0.15, -0.1) is 0 Å². The summed E-state index contributed by atoms with van der Waals surface area (Å²) in [6.45, 7) is 0.834. The van der Waals surface area contributed by atoms with Crippen molar-refractivity contribution in [1.29, 1.82) is 0 Å². The van der Waals surface area contributed by atoms with E-state index in [1.165, 1.54) is 24.4 Å². The van der Waals surface area contributed by atoms with Gasteiger partial charge in [-0.3, -0.25) is 4.79 Å². The van der Waals surface area contributed by atoms with Crippen LogP contribution < -0.4 is 10.3 Å². The molecule has 0 fully saturated rings.